The fraction of sp³-hybridized carbons (Fsp3) is 0.857. The highest BCUT2D eigenvalue weighted by atomic mass is 28.3. The molecule has 69 valence electrons. The van der Waals surface area contributed by atoms with Crippen LogP contribution in [0.5, 0.6) is 0 Å². The predicted octanol–water partition coefficient (Wildman–Crippen LogP) is 0.883. The number of aliphatic imine (C=N–C) groups is 1. The first-order valence-corrected chi connectivity index (χ1v) is 5.14. The van der Waals surface area contributed by atoms with Gasteiger partial charge < -0.3 is 8.85 Å². The molecule has 0 fully saturated rings. The monoisotopic (exact) mass is 188 g/mol. The second-order valence-electron chi connectivity index (χ2n) is 2.39. The van der Waals surface area contributed by atoms with Gasteiger partial charge in [0.2, 0.25) is 6.08 Å². The zero-order chi connectivity index (χ0) is 9.40. The summed E-state index contributed by atoms with van der Waals surface area (Å²) in [5, 5.41) is 0. The molecule has 0 aliphatic heterocycles. The van der Waals surface area contributed by atoms with Gasteiger partial charge in [0.15, 0.2) is 0 Å². The number of hydrogen-bond donors (Lipinski definition) is 0. The van der Waals surface area contributed by atoms with Crippen LogP contribution in [0.4, 0.5) is 0 Å². The lowest BCUT2D eigenvalue weighted by molar-refractivity contribution is 0.265. The molecule has 0 aromatic heterocycles. The Labute approximate surface area is 74.4 Å². The Balaban J connectivity index is 3.67. The van der Waals surface area contributed by atoms with E-state index < -0.39 is 9.28 Å². The molecule has 0 spiro atoms. The molecule has 1 radical (unpaired) electrons. The topological polar surface area (TPSA) is 47.9 Å². The summed E-state index contributed by atoms with van der Waals surface area (Å²) < 4.78 is 10.3. The van der Waals surface area contributed by atoms with Crippen molar-refractivity contribution in [3.05, 3.63) is 0 Å². The highest BCUT2D eigenvalue weighted by Crippen LogP contribution is 2.14. The Morgan fingerprint density at radius 1 is 1.50 bits per heavy atom. The number of rotatable bonds is 6. The average molecular weight is 188 g/mol. The number of isocyanates is 1. The molecule has 0 rings (SSSR count). The maximum Gasteiger partial charge on any atom is 0.387 e. The van der Waals surface area contributed by atoms with Crippen LogP contribution < -0.4 is 0 Å². The molecule has 1 unspecified atom stereocenters. The smallest absolute Gasteiger partial charge is 0.387 e. The lowest BCUT2D eigenvalue weighted by Gasteiger charge is -2.15. The van der Waals surface area contributed by atoms with Crippen molar-refractivity contribution in [2.75, 3.05) is 20.8 Å². The van der Waals surface area contributed by atoms with Crippen molar-refractivity contribution >= 4 is 15.4 Å². The molecule has 12 heavy (non-hydrogen) atoms. The molecule has 0 aromatic rings. The van der Waals surface area contributed by atoms with Gasteiger partial charge in [-0.05, 0) is 6.42 Å². The molecular weight excluding hydrogens is 174 g/mol. The summed E-state index contributed by atoms with van der Waals surface area (Å²) in [6, 6.07) is 0. The van der Waals surface area contributed by atoms with E-state index >= 15 is 0 Å². The summed E-state index contributed by atoms with van der Waals surface area (Å²) in [5.41, 5.74) is 0.335. The van der Waals surface area contributed by atoms with Crippen LogP contribution in [-0.2, 0) is 13.6 Å². The molecule has 0 aromatic carbocycles. The molecule has 1 atom stereocenters. The summed E-state index contributed by atoms with van der Waals surface area (Å²) >= 11 is 0. The second-order valence-corrected chi connectivity index (χ2v) is 4.83. The molecule has 0 amide bonds. The normalized spacial score (nSPS) is 12.7. The van der Waals surface area contributed by atoms with E-state index in [1.807, 2.05) is 6.92 Å². The Hall–Kier alpha value is -0.483. The Kier molecular flexibility index (Phi) is 6.89. The molecule has 0 aliphatic rings. The van der Waals surface area contributed by atoms with Gasteiger partial charge in [0.25, 0.3) is 0 Å². The molecule has 0 saturated carbocycles. The number of carbonyl (C=O) groups excluding carboxylic acids is 1. The number of hydrogen-bond acceptors (Lipinski definition) is 4. The fourth-order valence-electron chi connectivity index (χ4n) is 0.907. The molecule has 5 heteroatoms. The van der Waals surface area contributed by atoms with Crippen LogP contribution in [0.25, 0.3) is 0 Å². The maximum atomic E-state index is 9.75. The SMILES string of the molecule is CO[Si](OC)C(C)CCN=C=O. The Morgan fingerprint density at radius 2 is 2.08 bits per heavy atom. The first-order chi connectivity index (χ1) is 5.76. The summed E-state index contributed by atoms with van der Waals surface area (Å²) in [5.74, 6) is 0. The predicted molar refractivity (Wildman–Crippen MR) is 46.8 cm³/mol. The fourth-order valence-corrected chi connectivity index (χ4v) is 2.24. The average Bonchev–Trinajstić information content (AvgIpc) is 2.07. The summed E-state index contributed by atoms with van der Waals surface area (Å²) in [6.45, 7) is 2.53. The van der Waals surface area contributed by atoms with Gasteiger partial charge in [-0.15, -0.1) is 0 Å². The quantitative estimate of drug-likeness (QED) is 0.353. The molecule has 0 aliphatic carbocycles. The molecule has 0 heterocycles. The van der Waals surface area contributed by atoms with Crippen LogP contribution >= 0.6 is 0 Å². The van der Waals surface area contributed by atoms with Crippen molar-refractivity contribution in [2.24, 2.45) is 4.99 Å². The summed E-state index contributed by atoms with van der Waals surface area (Å²) in [6.07, 6.45) is 2.31. The standard InChI is InChI=1S/C7H14NO3Si/c1-7(4-5-8-6-9)12(10-2)11-3/h7H,4-5H2,1-3H3. The third-order valence-electron chi connectivity index (χ3n) is 1.54. The van der Waals surface area contributed by atoms with Crippen LogP contribution in [0.15, 0.2) is 4.99 Å². The molecule has 4 nitrogen and oxygen atoms in total. The number of nitrogens with zero attached hydrogens (tertiary/aromatic N) is 1. The van der Waals surface area contributed by atoms with Gasteiger partial charge in [0.1, 0.15) is 0 Å². The van der Waals surface area contributed by atoms with Crippen molar-refractivity contribution in [1.82, 2.24) is 0 Å². The van der Waals surface area contributed by atoms with Gasteiger partial charge in [0.05, 0.1) is 6.54 Å². The van der Waals surface area contributed by atoms with E-state index in [4.69, 9.17) is 8.85 Å². The van der Waals surface area contributed by atoms with Crippen LogP contribution in [-0.4, -0.2) is 36.1 Å². The van der Waals surface area contributed by atoms with E-state index in [2.05, 4.69) is 4.99 Å². The first-order valence-electron chi connectivity index (χ1n) is 3.74. The van der Waals surface area contributed by atoms with Crippen molar-refractivity contribution in [1.29, 1.82) is 0 Å². The van der Waals surface area contributed by atoms with Crippen molar-refractivity contribution < 1.29 is 13.6 Å². The zero-order valence-electron chi connectivity index (χ0n) is 7.66. The first kappa shape index (κ1) is 11.5. The lowest BCUT2D eigenvalue weighted by Crippen LogP contribution is -2.24. The van der Waals surface area contributed by atoms with E-state index in [1.165, 1.54) is 6.08 Å². The van der Waals surface area contributed by atoms with E-state index in [9.17, 15) is 4.79 Å². The van der Waals surface area contributed by atoms with Gasteiger partial charge in [-0.25, -0.2) is 9.79 Å². The maximum absolute atomic E-state index is 9.75. The molecule has 0 bridgehead atoms. The van der Waals surface area contributed by atoms with Crippen LogP contribution in [0, 0.1) is 0 Å². The highest BCUT2D eigenvalue weighted by Gasteiger charge is 2.20. The van der Waals surface area contributed by atoms with Crippen LogP contribution in [0.2, 0.25) is 5.54 Å². The van der Waals surface area contributed by atoms with Gasteiger partial charge >= 0.3 is 9.28 Å². The summed E-state index contributed by atoms with van der Waals surface area (Å²) in [7, 11) is 2.10. The van der Waals surface area contributed by atoms with Crippen molar-refractivity contribution in [3.63, 3.8) is 0 Å². The second kappa shape index (κ2) is 7.18. The lowest BCUT2D eigenvalue weighted by atomic mass is 10.3. The Morgan fingerprint density at radius 3 is 2.50 bits per heavy atom. The van der Waals surface area contributed by atoms with E-state index in [0.717, 1.165) is 6.42 Å². The van der Waals surface area contributed by atoms with Crippen LogP contribution in [0.3, 0.4) is 0 Å². The summed E-state index contributed by atoms with van der Waals surface area (Å²) in [4.78, 5) is 13.2. The molecule has 0 N–H and O–H groups in total. The van der Waals surface area contributed by atoms with E-state index in [0.29, 0.717) is 12.1 Å². The third-order valence-corrected chi connectivity index (χ3v) is 3.44. The largest absolute Gasteiger partial charge is 0.397 e. The van der Waals surface area contributed by atoms with E-state index in [1.54, 1.807) is 14.2 Å². The highest BCUT2D eigenvalue weighted by molar-refractivity contribution is 6.46. The van der Waals surface area contributed by atoms with Gasteiger partial charge in [-0.3, -0.25) is 0 Å². The minimum absolute atomic E-state index is 0.335. The van der Waals surface area contributed by atoms with E-state index in [-0.39, 0.29) is 0 Å². The zero-order valence-corrected chi connectivity index (χ0v) is 8.66. The van der Waals surface area contributed by atoms with Crippen molar-refractivity contribution in [3.8, 4) is 0 Å². The molecular formula is C7H14NO3Si. The van der Waals surface area contributed by atoms with Gasteiger partial charge in [-0.2, -0.15) is 0 Å². The van der Waals surface area contributed by atoms with Gasteiger partial charge in [-0.1, -0.05) is 6.92 Å². The minimum Gasteiger partial charge on any atom is -0.397 e. The molecule has 0 saturated heterocycles. The minimum atomic E-state index is -1.17. The Bertz CT molecular complexity index is 155. The van der Waals surface area contributed by atoms with Gasteiger partial charge in [0, 0.05) is 19.8 Å². The van der Waals surface area contributed by atoms with Crippen molar-refractivity contribution in [2.45, 2.75) is 18.9 Å². The third kappa shape index (κ3) is 4.41. The van der Waals surface area contributed by atoms with Crippen LogP contribution in [0.1, 0.15) is 13.3 Å².